The molecule has 0 saturated heterocycles. The zero-order valence-corrected chi connectivity index (χ0v) is 8.22. The molecule has 1 aromatic carbocycles. The standard InChI is InChI=1S/C11H13NO3/c13-8-12-10(6-7-11(14)15)9-4-2-1-3-5-9/h1-5,8,10H,6-7H2,(H,12,13)(H,14,15). The van der Waals surface area contributed by atoms with Crippen molar-refractivity contribution in [2.75, 3.05) is 0 Å². The van der Waals surface area contributed by atoms with Gasteiger partial charge in [0, 0.05) is 6.42 Å². The number of rotatable bonds is 6. The van der Waals surface area contributed by atoms with E-state index in [0.29, 0.717) is 12.8 Å². The van der Waals surface area contributed by atoms with E-state index >= 15 is 0 Å². The van der Waals surface area contributed by atoms with E-state index < -0.39 is 5.97 Å². The zero-order valence-electron chi connectivity index (χ0n) is 8.22. The Morgan fingerprint density at radius 2 is 2.07 bits per heavy atom. The normalized spacial score (nSPS) is 11.7. The van der Waals surface area contributed by atoms with Crippen LogP contribution in [-0.4, -0.2) is 17.5 Å². The first-order valence-electron chi connectivity index (χ1n) is 4.70. The third kappa shape index (κ3) is 3.81. The summed E-state index contributed by atoms with van der Waals surface area (Å²) in [4.78, 5) is 20.8. The Hall–Kier alpha value is -1.84. The minimum atomic E-state index is -0.858. The van der Waals surface area contributed by atoms with Crippen LogP contribution in [0.2, 0.25) is 0 Å². The van der Waals surface area contributed by atoms with E-state index in [-0.39, 0.29) is 12.5 Å². The van der Waals surface area contributed by atoms with Crippen LogP contribution in [0.5, 0.6) is 0 Å². The molecule has 80 valence electrons. The van der Waals surface area contributed by atoms with Gasteiger partial charge in [-0.1, -0.05) is 30.3 Å². The van der Waals surface area contributed by atoms with Crippen LogP contribution in [0.3, 0.4) is 0 Å². The molecule has 0 bridgehead atoms. The molecule has 15 heavy (non-hydrogen) atoms. The molecule has 0 aliphatic heterocycles. The number of amides is 1. The lowest BCUT2D eigenvalue weighted by molar-refractivity contribution is -0.137. The first-order chi connectivity index (χ1) is 7.24. The second-order valence-corrected chi connectivity index (χ2v) is 3.18. The van der Waals surface area contributed by atoms with Crippen molar-refractivity contribution in [3.63, 3.8) is 0 Å². The summed E-state index contributed by atoms with van der Waals surface area (Å²) in [6.07, 6.45) is 1.04. The Labute approximate surface area is 87.9 Å². The van der Waals surface area contributed by atoms with Crippen molar-refractivity contribution in [2.24, 2.45) is 0 Å². The molecule has 0 saturated carbocycles. The monoisotopic (exact) mass is 207 g/mol. The molecule has 4 nitrogen and oxygen atoms in total. The molecule has 1 aromatic rings. The summed E-state index contributed by atoms with van der Waals surface area (Å²) in [7, 11) is 0. The molecule has 1 amide bonds. The third-order valence-electron chi connectivity index (χ3n) is 2.12. The highest BCUT2D eigenvalue weighted by molar-refractivity contribution is 5.66. The third-order valence-corrected chi connectivity index (χ3v) is 2.12. The van der Waals surface area contributed by atoms with E-state index in [1.54, 1.807) is 0 Å². The summed E-state index contributed by atoms with van der Waals surface area (Å²) in [6.45, 7) is 0. The summed E-state index contributed by atoms with van der Waals surface area (Å²) < 4.78 is 0. The van der Waals surface area contributed by atoms with Crippen molar-refractivity contribution in [3.05, 3.63) is 35.9 Å². The van der Waals surface area contributed by atoms with Gasteiger partial charge >= 0.3 is 5.97 Å². The van der Waals surface area contributed by atoms with Gasteiger partial charge in [-0.15, -0.1) is 0 Å². The van der Waals surface area contributed by atoms with Crippen molar-refractivity contribution in [2.45, 2.75) is 18.9 Å². The number of benzene rings is 1. The number of nitrogens with one attached hydrogen (secondary N) is 1. The highest BCUT2D eigenvalue weighted by atomic mass is 16.4. The second-order valence-electron chi connectivity index (χ2n) is 3.18. The topological polar surface area (TPSA) is 66.4 Å². The first-order valence-corrected chi connectivity index (χ1v) is 4.70. The molecule has 0 radical (unpaired) electrons. The molecule has 1 unspecified atom stereocenters. The molecule has 0 aliphatic carbocycles. The van der Waals surface area contributed by atoms with Crippen LogP contribution >= 0.6 is 0 Å². The maximum Gasteiger partial charge on any atom is 0.303 e. The predicted molar refractivity (Wildman–Crippen MR) is 55.3 cm³/mol. The smallest absolute Gasteiger partial charge is 0.303 e. The average Bonchev–Trinajstić information content (AvgIpc) is 2.25. The molecule has 1 rings (SSSR count). The molecule has 4 heteroatoms. The van der Waals surface area contributed by atoms with Gasteiger partial charge in [0.1, 0.15) is 0 Å². The lowest BCUT2D eigenvalue weighted by Gasteiger charge is -2.15. The maximum absolute atomic E-state index is 10.4. The largest absolute Gasteiger partial charge is 0.481 e. The maximum atomic E-state index is 10.4. The van der Waals surface area contributed by atoms with E-state index in [9.17, 15) is 9.59 Å². The Morgan fingerprint density at radius 1 is 1.40 bits per heavy atom. The van der Waals surface area contributed by atoms with E-state index in [1.807, 2.05) is 30.3 Å². The molecule has 0 fully saturated rings. The number of hydrogen-bond acceptors (Lipinski definition) is 2. The van der Waals surface area contributed by atoms with Gasteiger partial charge in [-0.25, -0.2) is 0 Å². The van der Waals surface area contributed by atoms with Crippen molar-refractivity contribution in [1.82, 2.24) is 5.32 Å². The quantitative estimate of drug-likeness (QED) is 0.692. The molecular weight excluding hydrogens is 194 g/mol. The van der Waals surface area contributed by atoms with Crippen molar-refractivity contribution >= 4 is 12.4 Å². The van der Waals surface area contributed by atoms with E-state index in [1.165, 1.54) is 0 Å². The van der Waals surface area contributed by atoms with Crippen LogP contribution in [0.4, 0.5) is 0 Å². The lowest BCUT2D eigenvalue weighted by Crippen LogP contribution is -2.20. The molecule has 0 aromatic heterocycles. The van der Waals surface area contributed by atoms with E-state index in [4.69, 9.17) is 5.11 Å². The fourth-order valence-corrected chi connectivity index (χ4v) is 1.38. The lowest BCUT2D eigenvalue weighted by atomic mass is 10.0. The first kappa shape index (κ1) is 11.2. The SMILES string of the molecule is O=CNC(CCC(=O)O)c1ccccc1. The minimum Gasteiger partial charge on any atom is -0.481 e. The summed E-state index contributed by atoms with van der Waals surface area (Å²) in [5.74, 6) is -0.858. The van der Waals surface area contributed by atoms with Gasteiger partial charge in [0.05, 0.1) is 6.04 Å². The van der Waals surface area contributed by atoms with Gasteiger partial charge < -0.3 is 10.4 Å². The van der Waals surface area contributed by atoms with E-state index in [2.05, 4.69) is 5.32 Å². The van der Waals surface area contributed by atoms with Crippen LogP contribution in [-0.2, 0) is 9.59 Å². The number of carboxylic acids is 1. The number of aliphatic carboxylic acids is 1. The van der Waals surface area contributed by atoms with Crippen LogP contribution < -0.4 is 5.32 Å². The van der Waals surface area contributed by atoms with Crippen molar-refractivity contribution in [3.8, 4) is 0 Å². The molecular formula is C11H13NO3. The number of carbonyl (C=O) groups excluding carboxylic acids is 1. The van der Waals surface area contributed by atoms with Gasteiger partial charge in [-0.2, -0.15) is 0 Å². The summed E-state index contributed by atoms with van der Waals surface area (Å²) in [6, 6.07) is 9.09. The second kappa shape index (κ2) is 5.80. The Balaban J connectivity index is 2.65. The Kier molecular flexibility index (Phi) is 4.34. The molecule has 2 N–H and O–H groups in total. The Bertz CT molecular complexity index is 324. The summed E-state index contributed by atoms with van der Waals surface area (Å²) >= 11 is 0. The molecule has 0 heterocycles. The zero-order chi connectivity index (χ0) is 11.1. The van der Waals surface area contributed by atoms with Gasteiger partial charge in [0.25, 0.3) is 0 Å². The van der Waals surface area contributed by atoms with Gasteiger partial charge in [0.2, 0.25) is 6.41 Å². The number of carbonyl (C=O) groups is 2. The van der Waals surface area contributed by atoms with Crippen LogP contribution in [0, 0.1) is 0 Å². The number of carboxylic acid groups (broad SMARTS) is 1. The molecule has 1 atom stereocenters. The van der Waals surface area contributed by atoms with Crippen LogP contribution in [0.1, 0.15) is 24.4 Å². The average molecular weight is 207 g/mol. The Morgan fingerprint density at radius 3 is 2.60 bits per heavy atom. The van der Waals surface area contributed by atoms with Gasteiger partial charge in [-0.05, 0) is 12.0 Å². The van der Waals surface area contributed by atoms with Crippen molar-refractivity contribution < 1.29 is 14.7 Å². The van der Waals surface area contributed by atoms with Gasteiger partial charge in [0.15, 0.2) is 0 Å². The summed E-state index contributed by atoms with van der Waals surface area (Å²) in [5, 5.41) is 11.2. The highest BCUT2D eigenvalue weighted by Crippen LogP contribution is 2.17. The van der Waals surface area contributed by atoms with Crippen LogP contribution in [0.15, 0.2) is 30.3 Å². The fourth-order valence-electron chi connectivity index (χ4n) is 1.38. The van der Waals surface area contributed by atoms with Crippen molar-refractivity contribution in [1.29, 1.82) is 0 Å². The molecule has 0 spiro atoms. The molecule has 0 aliphatic rings. The van der Waals surface area contributed by atoms with Gasteiger partial charge in [-0.3, -0.25) is 9.59 Å². The van der Waals surface area contributed by atoms with E-state index in [0.717, 1.165) is 5.56 Å². The fraction of sp³-hybridized carbons (Fsp3) is 0.273. The number of hydrogen-bond donors (Lipinski definition) is 2. The predicted octanol–water partition coefficient (Wildman–Crippen LogP) is 1.34. The highest BCUT2D eigenvalue weighted by Gasteiger charge is 2.11. The minimum absolute atomic E-state index is 0.0421. The summed E-state index contributed by atoms with van der Waals surface area (Å²) in [5.41, 5.74) is 0.922. The van der Waals surface area contributed by atoms with Crippen LogP contribution in [0.25, 0.3) is 0 Å².